The Labute approximate surface area is 658 Å². The van der Waals surface area contributed by atoms with Crippen molar-refractivity contribution in [2.45, 2.75) is 16.2 Å². The molecular formula is C103H62F8N2O2. The number of anilines is 6. The number of fused-ring (bicyclic) bond motifs is 16. The summed E-state index contributed by atoms with van der Waals surface area (Å²) in [5.41, 5.74) is 16.3. The number of nitrogens with zero attached hydrogens (tertiary/aromatic N) is 2. The quantitative estimate of drug-likeness (QED) is 0.0711. The Morgan fingerprint density at radius 2 is 0.470 bits per heavy atom. The van der Waals surface area contributed by atoms with Gasteiger partial charge in [0.1, 0.15) is 34.6 Å². The molecule has 4 aliphatic rings. The maximum Gasteiger partial charge on any atom is 0.194 e. The van der Waals surface area contributed by atoms with Gasteiger partial charge in [0.25, 0.3) is 0 Å². The van der Waals surface area contributed by atoms with Crippen LogP contribution in [0.25, 0.3) is 56.7 Å². The van der Waals surface area contributed by atoms with E-state index >= 15 is 35.1 Å². The lowest BCUT2D eigenvalue weighted by Gasteiger charge is -2.36. The first-order chi connectivity index (χ1) is 56.1. The highest BCUT2D eigenvalue weighted by Gasteiger charge is 2.54. The van der Waals surface area contributed by atoms with Gasteiger partial charge in [-0.2, -0.15) is 0 Å². The molecule has 1 spiro atoms. The van der Waals surface area contributed by atoms with E-state index in [1.807, 2.05) is 204 Å². The van der Waals surface area contributed by atoms with Crippen molar-refractivity contribution in [2.75, 3.05) is 9.80 Å². The molecule has 0 bridgehead atoms. The summed E-state index contributed by atoms with van der Waals surface area (Å²) in [6, 6.07) is 103. The first-order valence-electron chi connectivity index (χ1n) is 37.6. The zero-order valence-electron chi connectivity index (χ0n) is 61.1. The summed E-state index contributed by atoms with van der Waals surface area (Å²) in [4.78, 5) is 4.10. The Balaban J connectivity index is 0.772. The van der Waals surface area contributed by atoms with E-state index in [1.165, 1.54) is 24.3 Å². The van der Waals surface area contributed by atoms with E-state index in [0.29, 0.717) is 90.5 Å². The maximum absolute atomic E-state index is 16.3. The average molecular weight is 1510 g/mol. The summed E-state index contributed by atoms with van der Waals surface area (Å²) in [6.45, 7) is 7.75. The predicted octanol–water partition coefficient (Wildman–Crippen LogP) is 27.7. The zero-order valence-corrected chi connectivity index (χ0v) is 61.1. The van der Waals surface area contributed by atoms with Crippen molar-refractivity contribution in [3.05, 3.63) is 477 Å². The van der Waals surface area contributed by atoms with Crippen LogP contribution in [0, 0.1) is 46.5 Å². The second-order valence-corrected chi connectivity index (χ2v) is 29.3. The monoisotopic (exact) mass is 1510 g/mol. The van der Waals surface area contributed by atoms with Gasteiger partial charge in [-0.15, -0.1) is 0 Å². The van der Waals surface area contributed by atoms with Gasteiger partial charge in [-0.1, -0.05) is 195 Å². The van der Waals surface area contributed by atoms with Gasteiger partial charge < -0.3 is 19.3 Å². The van der Waals surface area contributed by atoms with E-state index in [2.05, 4.69) is 61.7 Å². The van der Waals surface area contributed by atoms with E-state index in [9.17, 15) is 0 Å². The highest BCUT2D eigenvalue weighted by atomic mass is 19.2. The van der Waals surface area contributed by atoms with Crippen molar-refractivity contribution in [1.82, 2.24) is 0 Å². The number of rotatable bonds is 16. The van der Waals surface area contributed by atoms with Crippen molar-refractivity contribution >= 4 is 46.3 Å². The van der Waals surface area contributed by atoms with Gasteiger partial charge in [0.2, 0.25) is 0 Å². The van der Waals surface area contributed by atoms with Gasteiger partial charge in [0.05, 0.1) is 16.2 Å². The van der Waals surface area contributed by atoms with Crippen molar-refractivity contribution in [2.24, 2.45) is 0 Å². The fourth-order valence-corrected chi connectivity index (χ4v) is 18.6. The first-order valence-corrected chi connectivity index (χ1v) is 37.6. The SMILES string of the molecule is C=Cc1ccc(Oc2ccc(C3(c4cc(F)c(F)c(F)c4)c4ccccc4-c4ccc(N(c5ccc(F)cc5)c5ccc6c(c5)C5(c7ccccc7-6)c6ccccc6-c6ccc(N(c7ccc(F)cc7)c7ccc8c(c7)C(c7ccc(Oc9ccc(C=C)cc9)cc7)(c7cc(F)c(F)c(F)c7)c7ccccc7-8)cc65)cc43)cc2)cc1. The van der Waals surface area contributed by atoms with E-state index < -0.39 is 62.8 Å². The first kappa shape index (κ1) is 69.8. The van der Waals surface area contributed by atoms with E-state index in [0.717, 1.165) is 102 Å². The summed E-state index contributed by atoms with van der Waals surface area (Å²) >= 11 is 0. The molecule has 2 atom stereocenters. The van der Waals surface area contributed by atoms with E-state index in [-0.39, 0.29) is 11.1 Å². The Kier molecular flexibility index (Phi) is 16.4. The van der Waals surface area contributed by atoms with Crippen LogP contribution in [0.4, 0.5) is 69.2 Å². The van der Waals surface area contributed by atoms with Crippen LogP contribution in [0.2, 0.25) is 0 Å². The number of ether oxygens (including phenoxy) is 2. The van der Waals surface area contributed by atoms with Crippen molar-refractivity contribution in [1.29, 1.82) is 0 Å². The molecule has 0 N–H and O–H groups in total. The third-order valence-corrected chi connectivity index (χ3v) is 23.4. The Morgan fingerprint density at radius 3 is 0.757 bits per heavy atom. The molecule has 0 amide bonds. The second-order valence-electron chi connectivity index (χ2n) is 29.3. The average Bonchev–Trinajstić information content (AvgIpc) is 1.52. The van der Waals surface area contributed by atoms with Crippen LogP contribution in [-0.2, 0) is 16.2 Å². The predicted molar refractivity (Wildman–Crippen MR) is 440 cm³/mol. The molecule has 16 aromatic rings. The maximum atomic E-state index is 16.3. The Hall–Kier alpha value is -14.4. The molecule has 552 valence electrons. The molecule has 12 heteroatoms. The number of halogens is 8. The molecule has 2 unspecified atom stereocenters. The molecule has 115 heavy (non-hydrogen) atoms. The molecule has 0 heterocycles. The topological polar surface area (TPSA) is 24.9 Å². The number of benzene rings is 16. The lowest BCUT2D eigenvalue weighted by atomic mass is 9.67. The van der Waals surface area contributed by atoms with Crippen LogP contribution in [0.1, 0.15) is 77.9 Å². The van der Waals surface area contributed by atoms with Gasteiger partial charge >= 0.3 is 0 Å². The number of hydrogen-bond donors (Lipinski definition) is 0. The Bertz CT molecular complexity index is 6230. The molecule has 4 nitrogen and oxygen atoms in total. The summed E-state index contributed by atoms with van der Waals surface area (Å²) in [5, 5.41) is 0. The lowest BCUT2D eigenvalue weighted by molar-refractivity contribution is 0.443. The third-order valence-electron chi connectivity index (χ3n) is 23.4. The molecule has 0 fully saturated rings. The fourth-order valence-electron chi connectivity index (χ4n) is 18.6. The molecule has 0 aromatic heterocycles. The van der Waals surface area contributed by atoms with Gasteiger partial charge in [0.15, 0.2) is 34.9 Å². The minimum Gasteiger partial charge on any atom is -0.457 e. The van der Waals surface area contributed by atoms with Crippen molar-refractivity contribution < 1.29 is 44.6 Å². The molecule has 16 aromatic carbocycles. The summed E-state index contributed by atoms with van der Waals surface area (Å²) < 4.78 is 140. The van der Waals surface area contributed by atoms with Gasteiger partial charge in [0, 0.05) is 34.1 Å². The zero-order chi connectivity index (χ0) is 78.2. The molecule has 0 radical (unpaired) electrons. The summed E-state index contributed by atoms with van der Waals surface area (Å²) in [5.74, 6) is -7.46. The van der Waals surface area contributed by atoms with Gasteiger partial charge in [-0.25, -0.2) is 35.1 Å². The summed E-state index contributed by atoms with van der Waals surface area (Å²) in [7, 11) is 0. The van der Waals surface area contributed by atoms with E-state index in [1.54, 1.807) is 60.7 Å². The van der Waals surface area contributed by atoms with Crippen LogP contribution < -0.4 is 19.3 Å². The largest absolute Gasteiger partial charge is 0.457 e. The molecular weight excluding hydrogens is 1450 g/mol. The summed E-state index contributed by atoms with van der Waals surface area (Å²) in [6.07, 6.45) is 3.48. The minimum atomic E-state index is -1.60. The lowest BCUT2D eigenvalue weighted by Crippen LogP contribution is -2.29. The van der Waals surface area contributed by atoms with Crippen LogP contribution in [0.15, 0.2) is 353 Å². The smallest absolute Gasteiger partial charge is 0.194 e. The molecule has 4 aliphatic carbocycles. The van der Waals surface area contributed by atoms with Crippen molar-refractivity contribution in [3.8, 4) is 67.5 Å². The molecule has 0 saturated heterocycles. The fraction of sp³-hybridized carbons (Fsp3) is 0.0291. The highest BCUT2D eigenvalue weighted by molar-refractivity contribution is 5.99. The third kappa shape index (κ3) is 10.7. The number of hydrogen-bond acceptors (Lipinski definition) is 4. The minimum absolute atomic E-state index is 0.135. The van der Waals surface area contributed by atoms with Gasteiger partial charge in [-0.3, -0.25) is 0 Å². The van der Waals surface area contributed by atoms with Gasteiger partial charge in [-0.05, 0) is 292 Å². The van der Waals surface area contributed by atoms with E-state index in [4.69, 9.17) is 9.47 Å². The molecule has 20 rings (SSSR count). The van der Waals surface area contributed by atoms with Crippen LogP contribution >= 0.6 is 0 Å². The molecule has 0 saturated carbocycles. The highest BCUT2D eigenvalue weighted by Crippen LogP contribution is 2.66. The standard InChI is InChI=1S/C103H62F8N2O2/c1-3-61-21-41-75(42-22-61)114-77-45-25-63(26-46-77)101(65-53-95(106)99(110)96(107)54-65)87-17-9-5-13-79(87)83-49-37-71(57-91(83)101)112(69-33-29-67(104)30-34-69)73-39-51-85-81-15-7-11-19-89(81)103(93(85)59-73)90-20-12-8-16-82(90)86-52-40-74(60-94(86)103)113(70-35-31-68(105)32-36-70)72-38-50-84-80-14-6-10-18-88(80)102(92(84)58-72,66-55-97(108)100(111)98(109)56-66)64-27-47-78(48-28-64)115-76-43-23-62(4-2)24-44-76/h3-60H,1-2H2. The Morgan fingerprint density at radius 1 is 0.226 bits per heavy atom. The molecule has 0 aliphatic heterocycles. The normalized spacial score (nSPS) is 16.0. The van der Waals surface area contributed by atoms with Crippen molar-refractivity contribution in [3.63, 3.8) is 0 Å². The second kappa shape index (κ2) is 27.0. The van der Waals surface area contributed by atoms with Crippen LogP contribution in [-0.4, -0.2) is 0 Å². The van der Waals surface area contributed by atoms with Crippen LogP contribution in [0.5, 0.6) is 23.0 Å². The van der Waals surface area contributed by atoms with Crippen LogP contribution in [0.3, 0.4) is 0 Å².